The standard InChI is InChI=1S/C16H10FNO2S/c17-10-5-7-11(8-6-10)21-15-13-4-2-1-3-12(13)14(9-18-15)16(19)20/h1-9H,(H,19,20). The van der Waals surface area contributed by atoms with Crippen LogP contribution < -0.4 is 0 Å². The van der Waals surface area contributed by atoms with E-state index in [4.69, 9.17) is 0 Å². The maximum absolute atomic E-state index is 12.9. The quantitative estimate of drug-likeness (QED) is 0.786. The number of carboxylic acid groups (broad SMARTS) is 1. The SMILES string of the molecule is O=C(O)c1cnc(Sc2ccc(F)cc2)c2ccccc12. The van der Waals surface area contributed by atoms with Crippen molar-refractivity contribution >= 4 is 28.5 Å². The molecule has 0 unspecified atom stereocenters. The molecule has 0 saturated heterocycles. The maximum atomic E-state index is 12.9. The van der Waals surface area contributed by atoms with Gasteiger partial charge in [-0.15, -0.1) is 0 Å². The predicted octanol–water partition coefficient (Wildman–Crippen LogP) is 4.22. The Labute approximate surface area is 124 Å². The van der Waals surface area contributed by atoms with Crippen LogP contribution >= 0.6 is 11.8 Å². The number of carboxylic acids is 1. The van der Waals surface area contributed by atoms with Gasteiger partial charge in [0.1, 0.15) is 10.8 Å². The molecule has 1 heterocycles. The fourth-order valence-electron chi connectivity index (χ4n) is 2.03. The van der Waals surface area contributed by atoms with Crippen LogP contribution in [0.25, 0.3) is 10.8 Å². The van der Waals surface area contributed by atoms with E-state index in [2.05, 4.69) is 4.98 Å². The lowest BCUT2D eigenvalue weighted by molar-refractivity contribution is 0.0698. The molecule has 0 saturated carbocycles. The third-order valence-corrected chi connectivity index (χ3v) is 4.04. The Morgan fingerprint density at radius 2 is 1.71 bits per heavy atom. The van der Waals surface area contributed by atoms with Gasteiger partial charge in [0.2, 0.25) is 0 Å². The molecule has 3 aromatic rings. The van der Waals surface area contributed by atoms with Gasteiger partial charge in [-0.05, 0) is 24.3 Å². The molecule has 0 amide bonds. The summed E-state index contributed by atoms with van der Waals surface area (Å²) >= 11 is 1.38. The highest BCUT2D eigenvalue weighted by Crippen LogP contribution is 2.33. The van der Waals surface area contributed by atoms with Gasteiger partial charge in [-0.2, -0.15) is 0 Å². The second kappa shape index (κ2) is 5.54. The minimum Gasteiger partial charge on any atom is -0.478 e. The summed E-state index contributed by atoms with van der Waals surface area (Å²) in [5.74, 6) is -1.30. The minimum absolute atomic E-state index is 0.175. The molecule has 0 aliphatic heterocycles. The van der Waals surface area contributed by atoms with Crippen molar-refractivity contribution in [3.05, 3.63) is 66.1 Å². The summed E-state index contributed by atoms with van der Waals surface area (Å²) < 4.78 is 12.9. The molecule has 0 bridgehead atoms. The van der Waals surface area contributed by atoms with Crippen LogP contribution in [0.5, 0.6) is 0 Å². The second-order valence-electron chi connectivity index (χ2n) is 4.38. The van der Waals surface area contributed by atoms with Gasteiger partial charge in [0.05, 0.1) is 5.56 Å². The molecule has 3 rings (SSSR count). The van der Waals surface area contributed by atoms with E-state index in [0.717, 1.165) is 10.3 Å². The molecular formula is C16H10FNO2S. The summed E-state index contributed by atoms with van der Waals surface area (Å²) in [5.41, 5.74) is 0.175. The van der Waals surface area contributed by atoms with Crippen molar-refractivity contribution in [1.29, 1.82) is 0 Å². The molecule has 0 fully saturated rings. The Morgan fingerprint density at radius 1 is 1.05 bits per heavy atom. The van der Waals surface area contributed by atoms with E-state index in [1.807, 2.05) is 12.1 Å². The lowest BCUT2D eigenvalue weighted by Gasteiger charge is -2.07. The summed E-state index contributed by atoms with van der Waals surface area (Å²) in [6, 6.07) is 13.3. The van der Waals surface area contributed by atoms with Crippen LogP contribution in [0.3, 0.4) is 0 Å². The molecule has 3 nitrogen and oxygen atoms in total. The summed E-state index contributed by atoms with van der Waals surface area (Å²) in [6.07, 6.45) is 1.36. The molecule has 1 aromatic heterocycles. The zero-order valence-corrected chi connectivity index (χ0v) is 11.6. The molecule has 1 N–H and O–H groups in total. The van der Waals surface area contributed by atoms with Crippen molar-refractivity contribution in [2.45, 2.75) is 9.92 Å². The number of pyridine rings is 1. The fraction of sp³-hybridized carbons (Fsp3) is 0. The van der Waals surface area contributed by atoms with E-state index in [9.17, 15) is 14.3 Å². The molecule has 21 heavy (non-hydrogen) atoms. The highest BCUT2D eigenvalue weighted by atomic mass is 32.2. The van der Waals surface area contributed by atoms with Gasteiger partial charge in [-0.1, -0.05) is 36.0 Å². The van der Waals surface area contributed by atoms with E-state index in [-0.39, 0.29) is 11.4 Å². The zero-order chi connectivity index (χ0) is 14.8. The average Bonchev–Trinajstić information content (AvgIpc) is 2.49. The molecule has 0 spiro atoms. The first-order valence-corrected chi connectivity index (χ1v) is 7.01. The van der Waals surface area contributed by atoms with Crippen molar-refractivity contribution in [3.8, 4) is 0 Å². The van der Waals surface area contributed by atoms with Crippen molar-refractivity contribution in [1.82, 2.24) is 4.98 Å². The van der Waals surface area contributed by atoms with Crippen molar-refractivity contribution in [2.75, 3.05) is 0 Å². The second-order valence-corrected chi connectivity index (χ2v) is 5.45. The molecule has 0 atom stereocenters. The smallest absolute Gasteiger partial charge is 0.337 e. The number of nitrogens with zero attached hydrogens (tertiary/aromatic N) is 1. The largest absolute Gasteiger partial charge is 0.478 e. The predicted molar refractivity (Wildman–Crippen MR) is 79.2 cm³/mol. The number of fused-ring (bicyclic) bond motifs is 1. The maximum Gasteiger partial charge on any atom is 0.337 e. The molecule has 0 radical (unpaired) electrons. The number of aromatic nitrogens is 1. The van der Waals surface area contributed by atoms with Gasteiger partial charge in [0, 0.05) is 21.9 Å². The Kier molecular flexibility index (Phi) is 3.58. The molecule has 104 valence electrons. The number of hydrogen-bond donors (Lipinski definition) is 1. The Balaban J connectivity index is 2.09. The van der Waals surface area contributed by atoms with Crippen LogP contribution in [0.4, 0.5) is 4.39 Å². The van der Waals surface area contributed by atoms with Crippen molar-refractivity contribution < 1.29 is 14.3 Å². The van der Waals surface area contributed by atoms with Crippen LogP contribution in [0.15, 0.2) is 64.6 Å². The Hall–Kier alpha value is -2.40. The fourth-order valence-corrected chi connectivity index (χ4v) is 2.92. The highest BCUT2D eigenvalue weighted by Gasteiger charge is 2.12. The molecular weight excluding hydrogens is 289 g/mol. The average molecular weight is 299 g/mol. The molecule has 5 heteroatoms. The number of benzene rings is 2. The lowest BCUT2D eigenvalue weighted by atomic mass is 10.1. The van der Waals surface area contributed by atoms with Gasteiger partial charge in [0.25, 0.3) is 0 Å². The third kappa shape index (κ3) is 2.73. The first-order valence-electron chi connectivity index (χ1n) is 6.19. The van der Waals surface area contributed by atoms with Gasteiger partial charge in [-0.25, -0.2) is 14.2 Å². The van der Waals surface area contributed by atoms with Gasteiger partial charge in [0.15, 0.2) is 0 Å². The van der Waals surface area contributed by atoms with Gasteiger partial charge < -0.3 is 5.11 Å². The van der Waals surface area contributed by atoms with E-state index >= 15 is 0 Å². The summed E-state index contributed by atoms with van der Waals surface area (Å²) in [5, 5.41) is 11.3. The summed E-state index contributed by atoms with van der Waals surface area (Å²) in [7, 11) is 0. The number of rotatable bonds is 3. The zero-order valence-electron chi connectivity index (χ0n) is 10.8. The molecule has 0 aliphatic carbocycles. The monoisotopic (exact) mass is 299 g/mol. The van der Waals surface area contributed by atoms with E-state index in [1.54, 1.807) is 24.3 Å². The molecule has 0 aliphatic rings. The topological polar surface area (TPSA) is 50.2 Å². The van der Waals surface area contributed by atoms with E-state index < -0.39 is 5.97 Å². The van der Waals surface area contributed by atoms with Crippen LogP contribution in [0.1, 0.15) is 10.4 Å². The third-order valence-electron chi connectivity index (χ3n) is 3.02. The first kappa shape index (κ1) is 13.6. The number of aromatic carboxylic acids is 1. The van der Waals surface area contributed by atoms with E-state index in [1.165, 1.54) is 30.1 Å². The van der Waals surface area contributed by atoms with Crippen molar-refractivity contribution in [2.24, 2.45) is 0 Å². The van der Waals surface area contributed by atoms with Gasteiger partial charge >= 0.3 is 5.97 Å². The summed E-state index contributed by atoms with van der Waals surface area (Å²) in [6.45, 7) is 0. The van der Waals surface area contributed by atoms with Crippen LogP contribution in [-0.4, -0.2) is 16.1 Å². The first-order chi connectivity index (χ1) is 10.1. The van der Waals surface area contributed by atoms with Crippen LogP contribution in [0, 0.1) is 5.82 Å². The highest BCUT2D eigenvalue weighted by molar-refractivity contribution is 7.99. The normalized spacial score (nSPS) is 10.7. The number of carbonyl (C=O) groups is 1. The Bertz CT molecular complexity index is 818. The van der Waals surface area contributed by atoms with Crippen molar-refractivity contribution in [3.63, 3.8) is 0 Å². The van der Waals surface area contributed by atoms with Crippen LogP contribution in [0.2, 0.25) is 0 Å². The lowest BCUT2D eigenvalue weighted by Crippen LogP contribution is -1.99. The molecule has 2 aromatic carbocycles. The number of hydrogen-bond acceptors (Lipinski definition) is 3. The number of halogens is 1. The minimum atomic E-state index is -1.00. The van der Waals surface area contributed by atoms with E-state index in [0.29, 0.717) is 10.4 Å². The van der Waals surface area contributed by atoms with Gasteiger partial charge in [-0.3, -0.25) is 0 Å². The summed E-state index contributed by atoms with van der Waals surface area (Å²) in [4.78, 5) is 16.3. The Morgan fingerprint density at radius 3 is 2.38 bits per heavy atom. The van der Waals surface area contributed by atoms with Crippen LogP contribution in [-0.2, 0) is 0 Å².